The molecule has 0 bridgehead atoms. The van der Waals surface area contributed by atoms with Crippen molar-refractivity contribution >= 4 is 29.2 Å². The molecule has 0 aliphatic carbocycles. The van der Waals surface area contributed by atoms with Crippen molar-refractivity contribution in [3.8, 4) is 5.75 Å². The quantitative estimate of drug-likeness (QED) is 0.588. The third-order valence-corrected chi connectivity index (χ3v) is 4.04. The van der Waals surface area contributed by atoms with Gasteiger partial charge in [0.2, 0.25) is 0 Å². The summed E-state index contributed by atoms with van der Waals surface area (Å²) in [4.78, 5) is 23.7. The van der Waals surface area contributed by atoms with Gasteiger partial charge >= 0.3 is 0 Å². The maximum absolute atomic E-state index is 12.7. The fraction of sp³-hybridized carbons (Fsp3) is 0.100. The lowest BCUT2D eigenvalue weighted by Gasteiger charge is -2.04. The molecule has 0 amide bonds. The van der Waals surface area contributed by atoms with E-state index in [0.29, 0.717) is 11.2 Å². The van der Waals surface area contributed by atoms with Crippen molar-refractivity contribution in [3.05, 3.63) is 71.4 Å². The summed E-state index contributed by atoms with van der Waals surface area (Å²) in [6, 6.07) is 14.4. The van der Waals surface area contributed by atoms with Gasteiger partial charge in [0, 0.05) is 23.6 Å². The van der Waals surface area contributed by atoms with Gasteiger partial charge in [0.05, 0.1) is 5.52 Å². The number of fused-ring (bicyclic) bond motifs is 1. The van der Waals surface area contributed by atoms with E-state index in [0.717, 1.165) is 22.8 Å². The van der Waals surface area contributed by atoms with Crippen LogP contribution in [0.15, 0.2) is 54.6 Å². The summed E-state index contributed by atoms with van der Waals surface area (Å²) < 4.78 is 1.58. The normalized spacial score (nSPS) is 11.2. The van der Waals surface area contributed by atoms with Gasteiger partial charge in [-0.15, -0.1) is 0 Å². The molecule has 0 aliphatic rings. The SMILES string of the molecule is Cc1c(CC=O)c2cc(O)ccc2n1C(=O)/C=C/c1ccccc1. The van der Waals surface area contributed by atoms with E-state index in [-0.39, 0.29) is 18.1 Å². The van der Waals surface area contributed by atoms with E-state index in [1.54, 1.807) is 22.8 Å². The van der Waals surface area contributed by atoms with Crippen LogP contribution in [0.5, 0.6) is 5.75 Å². The summed E-state index contributed by atoms with van der Waals surface area (Å²) in [5, 5.41) is 10.4. The number of allylic oxidation sites excluding steroid dienone is 1. The summed E-state index contributed by atoms with van der Waals surface area (Å²) in [5.74, 6) is -0.0803. The number of benzene rings is 2. The molecule has 1 N–H and O–H groups in total. The van der Waals surface area contributed by atoms with Gasteiger partial charge in [0.15, 0.2) is 0 Å². The van der Waals surface area contributed by atoms with E-state index < -0.39 is 0 Å². The zero-order valence-corrected chi connectivity index (χ0v) is 13.3. The third kappa shape index (κ3) is 2.86. The van der Waals surface area contributed by atoms with Gasteiger partial charge in [-0.1, -0.05) is 30.3 Å². The lowest BCUT2D eigenvalue weighted by atomic mass is 10.1. The Morgan fingerprint density at radius 2 is 1.92 bits per heavy atom. The maximum Gasteiger partial charge on any atom is 0.255 e. The topological polar surface area (TPSA) is 59.3 Å². The minimum Gasteiger partial charge on any atom is -0.508 e. The number of hydrogen-bond acceptors (Lipinski definition) is 3. The van der Waals surface area contributed by atoms with E-state index >= 15 is 0 Å². The lowest BCUT2D eigenvalue weighted by molar-refractivity contribution is -0.107. The highest BCUT2D eigenvalue weighted by Gasteiger charge is 2.17. The molecule has 0 spiro atoms. The first-order chi connectivity index (χ1) is 11.6. The summed E-state index contributed by atoms with van der Waals surface area (Å²) in [6.07, 6.45) is 4.28. The van der Waals surface area contributed by atoms with Gasteiger partial charge in [-0.05, 0) is 42.3 Å². The van der Waals surface area contributed by atoms with E-state index in [9.17, 15) is 14.7 Å². The molecule has 0 unspecified atom stereocenters. The summed E-state index contributed by atoms with van der Waals surface area (Å²) in [5.41, 5.74) is 3.10. The van der Waals surface area contributed by atoms with E-state index in [2.05, 4.69) is 0 Å². The number of hydrogen-bond donors (Lipinski definition) is 1. The molecule has 0 saturated heterocycles. The molecule has 3 rings (SSSR count). The average molecular weight is 319 g/mol. The molecular formula is C20H17NO3. The van der Waals surface area contributed by atoms with Crippen LogP contribution in [0.1, 0.15) is 21.6 Å². The van der Waals surface area contributed by atoms with Crippen molar-refractivity contribution in [1.82, 2.24) is 4.57 Å². The number of carbonyl (C=O) groups excluding carboxylic acids is 2. The number of phenols is 1. The van der Waals surface area contributed by atoms with E-state index in [4.69, 9.17) is 0 Å². The molecular weight excluding hydrogens is 302 g/mol. The Morgan fingerprint density at radius 3 is 2.62 bits per heavy atom. The second kappa shape index (κ2) is 6.54. The average Bonchev–Trinajstić information content (AvgIpc) is 2.86. The summed E-state index contributed by atoms with van der Waals surface area (Å²) >= 11 is 0. The lowest BCUT2D eigenvalue weighted by Crippen LogP contribution is -2.09. The van der Waals surface area contributed by atoms with Gasteiger partial charge < -0.3 is 9.90 Å². The molecule has 2 aromatic carbocycles. The van der Waals surface area contributed by atoms with Crippen LogP contribution >= 0.6 is 0 Å². The molecule has 0 saturated carbocycles. The predicted molar refractivity (Wildman–Crippen MR) is 94.2 cm³/mol. The highest BCUT2D eigenvalue weighted by atomic mass is 16.3. The largest absolute Gasteiger partial charge is 0.508 e. The Hall–Kier alpha value is -3.14. The van der Waals surface area contributed by atoms with Crippen molar-refractivity contribution in [3.63, 3.8) is 0 Å². The van der Waals surface area contributed by atoms with Crippen LogP contribution in [0.3, 0.4) is 0 Å². The second-order valence-electron chi connectivity index (χ2n) is 5.55. The van der Waals surface area contributed by atoms with Crippen molar-refractivity contribution < 1.29 is 14.7 Å². The number of carbonyl (C=O) groups is 2. The zero-order valence-electron chi connectivity index (χ0n) is 13.3. The minimum atomic E-state index is -0.191. The fourth-order valence-corrected chi connectivity index (χ4v) is 2.90. The number of aromatic hydroxyl groups is 1. The van der Waals surface area contributed by atoms with Crippen LogP contribution in [-0.4, -0.2) is 21.9 Å². The first kappa shape index (κ1) is 15.7. The smallest absolute Gasteiger partial charge is 0.255 e. The Kier molecular flexibility index (Phi) is 4.29. The Morgan fingerprint density at radius 1 is 1.17 bits per heavy atom. The first-order valence-electron chi connectivity index (χ1n) is 7.66. The molecule has 120 valence electrons. The van der Waals surface area contributed by atoms with Crippen LogP contribution in [-0.2, 0) is 11.2 Å². The fourth-order valence-electron chi connectivity index (χ4n) is 2.90. The molecule has 24 heavy (non-hydrogen) atoms. The van der Waals surface area contributed by atoms with Crippen molar-refractivity contribution in [2.45, 2.75) is 13.3 Å². The van der Waals surface area contributed by atoms with Gasteiger partial charge in [-0.2, -0.15) is 0 Å². The van der Waals surface area contributed by atoms with Crippen LogP contribution in [0.2, 0.25) is 0 Å². The molecule has 0 aliphatic heterocycles. The highest BCUT2D eigenvalue weighted by Crippen LogP contribution is 2.29. The van der Waals surface area contributed by atoms with Crippen molar-refractivity contribution in [2.75, 3.05) is 0 Å². The molecule has 1 aromatic heterocycles. The van der Waals surface area contributed by atoms with Gasteiger partial charge in [0.25, 0.3) is 5.91 Å². The van der Waals surface area contributed by atoms with Crippen LogP contribution in [0.25, 0.3) is 17.0 Å². The molecule has 0 fully saturated rings. The van der Waals surface area contributed by atoms with Gasteiger partial charge in [-0.3, -0.25) is 9.36 Å². The molecule has 1 heterocycles. The standard InChI is InChI=1S/C20H17NO3/c1-14-17(11-12-22)18-13-16(23)8-9-19(18)21(14)20(24)10-7-15-5-3-2-4-6-15/h2-10,12-13,23H,11H2,1H3/b10-7+. The Bertz CT molecular complexity index is 936. The van der Waals surface area contributed by atoms with Crippen LogP contribution < -0.4 is 0 Å². The molecule has 4 heteroatoms. The second-order valence-corrected chi connectivity index (χ2v) is 5.55. The van der Waals surface area contributed by atoms with Gasteiger partial charge in [-0.25, -0.2) is 0 Å². The number of rotatable bonds is 4. The number of aromatic nitrogens is 1. The predicted octanol–water partition coefficient (Wildman–Crippen LogP) is 3.75. The van der Waals surface area contributed by atoms with E-state index in [1.807, 2.05) is 37.3 Å². The number of aldehydes is 1. The van der Waals surface area contributed by atoms with Crippen LogP contribution in [0, 0.1) is 6.92 Å². The molecule has 0 atom stereocenters. The Labute approximate surface area is 139 Å². The number of phenolic OH excluding ortho intramolecular Hbond substituents is 1. The van der Waals surface area contributed by atoms with Crippen molar-refractivity contribution in [1.29, 1.82) is 0 Å². The molecule has 3 aromatic rings. The Balaban J connectivity index is 2.08. The highest BCUT2D eigenvalue weighted by molar-refractivity contribution is 6.03. The maximum atomic E-state index is 12.7. The third-order valence-electron chi connectivity index (χ3n) is 4.04. The van der Waals surface area contributed by atoms with E-state index in [1.165, 1.54) is 12.1 Å². The monoisotopic (exact) mass is 319 g/mol. The van der Waals surface area contributed by atoms with Crippen molar-refractivity contribution in [2.24, 2.45) is 0 Å². The molecule has 0 radical (unpaired) electrons. The summed E-state index contributed by atoms with van der Waals surface area (Å²) in [6.45, 7) is 1.81. The minimum absolute atomic E-state index is 0.110. The van der Waals surface area contributed by atoms with Crippen LogP contribution in [0.4, 0.5) is 0 Å². The first-order valence-corrected chi connectivity index (χ1v) is 7.66. The van der Waals surface area contributed by atoms with Gasteiger partial charge in [0.1, 0.15) is 12.0 Å². The number of nitrogens with zero attached hydrogens (tertiary/aromatic N) is 1. The summed E-state index contributed by atoms with van der Waals surface area (Å²) in [7, 11) is 0. The zero-order chi connectivity index (χ0) is 17.1. The molecule has 4 nitrogen and oxygen atoms in total.